The molecular formula is C18H23N5O2. The van der Waals surface area contributed by atoms with Gasteiger partial charge >= 0.3 is 0 Å². The van der Waals surface area contributed by atoms with Gasteiger partial charge in [0.2, 0.25) is 5.91 Å². The Labute approximate surface area is 146 Å². The van der Waals surface area contributed by atoms with Crippen LogP contribution in [0.15, 0.2) is 23.1 Å². The lowest BCUT2D eigenvalue weighted by Gasteiger charge is -2.22. The van der Waals surface area contributed by atoms with Crippen LogP contribution in [0.1, 0.15) is 29.9 Å². The first-order valence-electron chi connectivity index (χ1n) is 8.84. The SMILES string of the molecule is Cc1noc(C)c1CC(=O)N1C[C@H]2CC[C@@H](Nc3cnccn3)[C@H]2C1. The summed E-state index contributed by atoms with van der Waals surface area (Å²) in [7, 11) is 0. The molecular weight excluding hydrogens is 318 g/mol. The third-order valence-electron chi connectivity index (χ3n) is 5.62. The molecule has 3 atom stereocenters. The van der Waals surface area contributed by atoms with Crippen molar-refractivity contribution in [1.29, 1.82) is 0 Å². The number of nitrogens with one attached hydrogen (secondary N) is 1. The molecule has 4 rings (SSSR count). The average Bonchev–Trinajstić information content (AvgIpc) is 3.28. The molecule has 1 N–H and O–H groups in total. The van der Waals surface area contributed by atoms with Gasteiger partial charge in [-0.3, -0.25) is 9.78 Å². The highest BCUT2D eigenvalue weighted by Crippen LogP contribution is 2.39. The Bertz CT molecular complexity index is 741. The van der Waals surface area contributed by atoms with Gasteiger partial charge in [-0.2, -0.15) is 0 Å². The minimum Gasteiger partial charge on any atom is -0.366 e. The Morgan fingerprint density at radius 1 is 1.32 bits per heavy atom. The highest BCUT2D eigenvalue weighted by molar-refractivity contribution is 5.79. The standard InChI is InChI=1S/C18H23N5O2/c1-11-14(12(2)25-22-11)7-18(24)23-9-13-3-4-16(15(13)10-23)21-17-8-19-5-6-20-17/h5-6,8,13,15-16H,3-4,7,9-10H2,1-2H3,(H,20,21)/t13-,15+,16-/m1/s1. The largest absolute Gasteiger partial charge is 0.366 e. The van der Waals surface area contributed by atoms with Crippen molar-refractivity contribution in [2.24, 2.45) is 11.8 Å². The molecule has 0 unspecified atom stereocenters. The molecule has 3 heterocycles. The Hall–Kier alpha value is -2.44. The van der Waals surface area contributed by atoms with Crippen LogP contribution in [0.25, 0.3) is 0 Å². The van der Waals surface area contributed by atoms with Gasteiger partial charge in [0, 0.05) is 43.0 Å². The molecule has 1 amide bonds. The van der Waals surface area contributed by atoms with Gasteiger partial charge in [-0.15, -0.1) is 0 Å². The average molecular weight is 341 g/mol. The number of carbonyl (C=O) groups is 1. The second-order valence-electron chi connectivity index (χ2n) is 7.12. The monoisotopic (exact) mass is 341 g/mol. The van der Waals surface area contributed by atoms with Crippen molar-refractivity contribution >= 4 is 11.7 Å². The number of fused-ring (bicyclic) bond motifs is 1. The van der Waals surface area contributed by atoms with Crippen LogP contribution in [0.5, 0.6) is 0 Å². The van der Waals surface area contributed by atoms with E-state index in [1.807, 2.05) is 18.7 Å². The molecule has 0 spiro atoms. The topological polar surface area (TPSA) is 84.2 Å². The fourth-order valence-corrected chi connectivity index (χ4v) is 4.23. The molecule has 1 aliphatic carbocycles. The lowest BCUT2D eigenvalue weighted by Crippen LogP contribution is -2.34. The molecule has 0 aromatic carbocycles. The number of amides is 1. The summed E-state index contributed by atoms with van der Waals surface area (Å²) in [6, 6.07) is 0.360. The molecule has 2 aliphatic rings. The van der Waals surface area contributed by atoms with Crippen molar-refractivity contribution in [3.63, 3.8) is 0 Å². The summed E-state index contributed by atoms with van der Waals surface area (Å²) in [6.45, 7) is 5.41. The molecule has 2 aromatic rings. The van der Waals surface area contributed by atoms with Crippen LogP contribution in [-0.2, 0) is 11.2 Å². The second kappa shape index (κ2) is 6.46. The highest BCUT2D eigenvalue weighted by atomic mass is 16.5. The first-order valence-corrected chi connectivity index (χ1v) is 8.84. The maximum absolute atomic E-state index is 12.7. The molecule has 1 saturated carbocycles. The Morgan fingerprint density at radius 2 is 2.20 bits per heavy atom. The molecule has 2 fully saturated rings. The normalized spacial score (nSPS) is 25.2. The summed E-state index contributed by atoms with van der Waals surface area (Å²) in [4.78, 5) is 23.2. The number of carbonyl (C=O) groups excluding carboxylic acids is 1. The molecule has 7 nitrogen and oxygen atoms in total. The fourth-order valence-electron chi connectivity index (χ4n) is 4.23. The van der Waals surface area contributed by atoms with E-state index in [0.717, 1.165) is 48.8 Å². The fraction of sp³-hybridized carbons (Fsp3) is 0.556. The van der Waals surface area contributed by atoms with Gasteiger partial charge in [0.05, 0.1) is 18.3 Å². The molecule has 25 heavy (non-hydrogen) atoms. The Balaban J connectivity index is 1.40. The maximum atomic E-state index is 12.7. The van der Waals surface area contributed by atoms with Crippen molar-refractivity contribution in [3.05, 3.63) is 35.6 Å². The minimum absolute atomic E-state index is 0.169. The molecule has 1 aliphatic heterocycles. The third kappa shape index (κ3) is 3.10. The number of rotatable bonds is 4. The second-order valence-corrected chi connectivity index (χ2v) is 7.12. The molecule has 0 radical (unpaired) electrons. The van der Waals surface area contributed by atoms with Gasteiger partial charge in [0.1, 0.15) is 11.6 Å². The van der Waals surface area contributed by atoms with E-state index >= 15 is 0 Å². The number of aryl methyl sites for hydroxylation is 2. The lowest BCUT2D eigenvalue weighted by molar-refractivity contribution is -0.129. The molecule has 1 saturated heterocycles. The molecule has 2 aromatic heterocycles. The summed E-state index contributed by atoms with van der Waals surface area (Å²) in [6.07, 6.45) is 7.77. The Morgan fingerprint density at radius 3 is 2.92 bits per heavy atom. The number of nitrogens with zero attached hydrogens (tertiary/aromatic N) is 4. The molecule has 0 bridgehead atoms. The van der Waals surface area contributed by atoms with Crippen LogP contribution in [0.2, 0.25) is 0 Å². The summed E-state index contributed by atoms with van der Waals surface area (Å²) in [5, 5.41) is 7.44. The van der Waals surface area contributed by atoms with E-state index in [2.05, 4.69) is 20.4 Å². The first-order chi connectivity index (χ1) is 12.1. The summed E-state index contributed by atoms with van der Waals surface area (Å²) >= 11 is 0. The van der Waals surface area contributed by atoms with E-state index < -0.39 is 0 Å². The third-order valence-corrected chi connectivity index (χ3v) is 5.62. The highest BCUT2D eigenvalue weighted by Gasteiger charge is 2.44. The number of hydrogen-bond donors (Lipinski definition) is 1. The zero-order chi connectivity index (χ0) is 17.4. The van der Waals surface area contributed by atoms with Gasteiger partial charge in [-0.1, -0.05) is 5.16 Å². The lowest BCUT2D eigenvalue weighted by atomic mass is 9.98. The molecule has 132 valence electrons. The van der Waals surface area contributed by atoms with Gasteiger partial charge in [0.25, 0.3) is 0 Å². The van der Waals surface area contributed by atoms with E-state index in [9.17, 15) is 4.79 Å². The van der Waals surface area contributed by atoms with Crippen LogP contribution in [-0.4, -0.2) is 45.1 Å². The number of anilines is 1. The van der Waals surface area contributed by atoms with Crippen molar-refractivity contribution < 1.29 is 9.32 Å². The van der Waals surface area contributed by atoms with Crippen LogP contribution in [0.3, 0.4) is 0 Å². The number of aromatic nitrogens is 3. The zero-order valence-electron chi connectivity index (χ0n) is 14.6. The van der Waals surface area contributed by atoms with E-state index in [0.29, 0.717) is 24.3 Å². The first kappa shape index (κ1) is 16.1. The number of likely N-dealkylation sites (tertiary alicyclic amines) is 1. The van der Waals surface area contributed by atoms with E-state index in [1.165, 1.54) is 0 Å². The predicted molar refractivity (Wildman–Crippen MR) is 91.9 cm³/mol. The summed E-state index contributed by atoms with van der Waals surface area (Å²) in [5.74, 6) is 2.78. The van der Waals surface area contributed by atoms with Crippen molar-refractivity contribution in [2.75, 3.05) is 18.4 Å². The van der Waals surface area contributed by atoms with Gasteiger partial charge in [-0.25, -0.2) is 4.98 Å². The van der Waals surface area contributed by atoms with Gasteiger partial charge in [0.15, 0.2) is 0 Å². The van der Waals surface area contributed by atoms with Crippen molar-refractivity contribution in [1.82, 2.24) is 20.0 Å². The van der Waals surface area contributed by atoms with Crippen LogP contribution >= 0.6 is 0 Å². The minimum atomic E-state index is 0.169. The van der Waals surface area contributed by atoms with E-state index in [-0.39, 0.29) is 5.91 Å². The molecule has 7 heteroatoms. The quantitative estimate of drug-likeness (QED) is 0.915. The van der Waals surface area contributed by atoms with Gasteiger partial charge < -0.3 is 14.7 Å². The summed E-state index contributed by atoms with van der Waals surface area (Å²) in [5.41, 5.74) is 1.74. The predicted octanol–water partition coefficient (Wildman–Crippen LogP) is 1.97. The maximum Gasteiger partial charge on any atom is 0.227 e. The van der Waals surface area contributed by atoms with Crippen LogP contribution in [0, 0.1) is 25.7 Å². The van der Waals surface area contributed by atoms with Crippen molar-refractivity contribution in [3.8, 4) is 0 Å². The van der Waals surface area contributed by atoms with Crippen LogP contribution in [0.4, 0.5) is 5.82 Å². The van der Waals surface area contributed by atoms with Crippen molar-refractivity contribution in [2.45, 2.75) is 39.2 Å². The Kier molecular flexibility index (Phi) is 4.15. The van der Waals surface area contributed by atoms with E-state index in [4.69, 9.17) is 4.52 Å². The number of hydrogen-bond acceptors (Lipinski definition) is 6. The van der Waals surface area contributed by atoms with E-state index in [1.54, 1.807) is 18.6 Å². The smallest absolute Gasteiger partial charge is 0.227 e. The zero-order valence-corrected chi connectivity index (χ0v) is 14.6. The van der Waals surface area contributed by atoms with Gasteiger partial charge in [-0.05, 0) is 32.6 Å². The van der Waals surface area contributed by atoms with Crippen LogP contribution < -0.4 is 5.32 Å². The summed E-state index contributed by atoms with van der Waals surface area (Å²) < 4.78 is 5.17.